The lowest BCUT2D eigenvalue weighted by molar-refractivity contribution is -0.142. The van der Waals surface area contributed by atoms with Crippen LogP contribution in [0, 0.1) is 0 Å². The normalized spacial score (nSPS) is 18.8. The molecule has 0 radical (unpaired) electrons. The van der Waals surface area contributed by atoms with Crippen molar-refractivity contribution in [1.29, 1.82) is 0 Å². The van der Waals surface area contributed by atoms with E-state index in [1.165, 1.54) is 16.0 Å². The fourth-order valence-corrected chi connectivity index (χ4v) is 5.26. The summed E-state index contributed by atoms with van der Waals surface area (Å²) in [7, 11) is 0. The second kappa shape index (κ2) is 8.18. The van der Waals surface area contributed by atoms with Crippen molar-refractivity contribution in [3.05, 3.63) is 57.3 Å². The van der Waals surface area contributed by atoms with Crippen LogP contribution in [0.15, 0.2) is 35.7 Å². The third-order valence-corrected chi connectivity index (χ3v) is 7.29. The van der Waals surface area contributed by atoms with Crippen LogP contribution < -0.4 is 0 Å². The predicted octanol–water partition coefficient (Wildman–Crippen LogP) is 4.92. The molecule has 1 aliphatic heterocycles. The Bertz CT molecular complexity index is 921. The first-order valence-electron chi connectivity index (χ1n) is 11.0. The van der Waals surface area contributed by atoms with Crippen molar-refractivity contribution in [3.63, 3.8) is 0 Å². The third-order valence-electron chi connectivity index (χ3n) is 6.29. The Morgan fingerprint density at radius 3 is 2.43 bits per heavy atom. The van der Waals surface area contributed by atoms with Crippen molar-refractivity contribution in [2.75, 3.05) is 13.1 Å². The van der Waals surface area contributed by atoms with Gasteiger partial charge in [0.2, 0.25) is 11.8 Å². The summed E-state index contributed by atoms with van der Waals surface area (Å²) in [5, 5.41) is 2.13. The van der Waals surface area contributed by atoms with Gasteiger partial charge < -0.3 is 9.80 Å². The number of carbonyl (C=O) groups is 2. The van der Waals surface area contributed by atoms with Gasteiger partial charge in [-0.1, -0.05) is 52.0 Å². The van der Waals surface area contributed by atoms with Crippen LogP contribution in [-0.2, 0) is 21.4 Å². The molecular formula is C25H32N2O2S. The zero-order valence-corrected chi connectivity index (χ0v) is 19.3. The number of rotatable bonds is 5. The minimum atomic E-state index is -0.0701. The van der Waals surface area contributed by atoms with Crippen LogP contribution >= 0.6 is 11.3 Å². The predicted molar refractivity (Wildman–Crippen MR) is 122 cm³/mol. The summed E-state index contributed by atoms with van der Waals surface area (Å²) in [6.07, 6.45) is 3.38. The van der Waals surface area contributed by atoms with Gasteiger partial charge in [-0.15, -0.1) is 11.3 Å². The van der Waals surface area contributed by atoms with E-state index < -0.39 is 0 Å². The van der Waals surface area contributed by atoms with Gasteiger partial charge in [0, 0.05) is 23.9 Å². The monoisotopic (exact) mass is 424 g/mol. The molecule has 4 rings (SSSR count). The topological polar surface area (TPSA) is 40.6 Å². The Kier molecular flexibility index (Phi) is 5.75. The highest BCUT2D eigenvalue weighted by Crippen LogP contribution is 2.39. The molecule has 2 aliphatic rings. The molecule has 1 saturated carbocycles. The summed E-state index contributed by atoms with van der Waals surface area (Å²) in [6.45, 7) is 9.43. The van der Waals surface area contributed by atoms with Crippen molar-refractivity contribution >= 4 is 23.2 Å². The number of hydrogen-bond acceptors (Lipinski definition) is 3. The van der Waals surface area contributed by atoms with E-state index in [0.29, 0.717) is 13.0 Å². The second-order valence-electron chi connectivity index (χ2n) is 9.52. The molecule has 160 valence electrons. The average Bonchev–Trinajstić information content (AvgIpc) is 3.46. The summed E-state index contributed by atoms with van der Waals surface area (Å²) in [5.74, 6) is 0.149. The number of benzene rings is 1. The number of thiophene rings is 1. The number of carbonyl (C=O) groups excluding carboxylic acids is 2. The second-order valence-corrected chi connectivity index (χ2v) is 10.5. The quantitative estimate of drug-likeness (QED) is 0.683. The lowest BCUT2D eigenvalue weighted by atomic mass is 9.85. The Morgan fingerprint density at radius 1 is 1.13 bits per heavy atom. The van der Waals surface area contributed by atoms with Crippen LogP contribution in [0.3, 0.4) is 0 Å². The zero-order valence-electron chi connectivity index (χ0n) is 18.5. The Hall–Kier alpha value is -2.14. The van der Waals surface area contributed by atoms with Crippen molar-refractivity contribution in [2.45, 2.75) is 70.9 Å². The summed E-state index contributed by atoms with van der Waals surface area (Å²) >= 11 is 1.78. The summed E-state index contributed by atoms with van der Waals surface area (Å²) < 4.78 is 0. The van der Waals surface area contributed by atoms with Gasteiger partial charge in [-0.05, 0) is 52.8 Å². The molecule has 2 heterocycles. The molecule has 1 unspecified atom stereocenters. The lowest BCUT2D eigenvalue weighted by Crippen LogP contribution is -2.47. The van der Waals surface area contributed by atoms with Gasteiger partial charge in [-0.25, -0.2) is 0 Å². The van der Waals surface area contributed by atoms with E-state index in [0.717, 1.165) is 24.8 Å². The highest BCUT2D eigenvalue weighted by molar-refractivity contribution is 7.10. The molecule has 5 heteroatoms. The highest BCUT2D eigenvalue weighted by Gasteiger charge is 2.37. The van der Waals surface area contributed by atoms with Crippen LogP contribution in [0.25, 0.3) is 0 Å². The van der Waals surface area contributed by atoms with Crippen molar-refractivity contribution in [3.8, 4) is 0 Å². The van der Waals surface area contributed by atoms with Gasteiger partial charge in [0.25, 0.3) is 0 Å². The van der Waals surface area contributed by atoms with Gasteiger partial charge in [0.1, 0.15) is 6.54 Å². The first kappa shape index (κ1) is 21.1. The molecule has 4 nitrogen and oxygen atoms in total. The molecule has 0 bridgehead atoms. The number of amides is 2. The first-order valence-corrected chi connectivity index (χ1v) is 11.9. The molecule has 2 aromatic rings. The summed E-state index contributed by atoms with van der Waals surface area (Å²) in [4.78, 5) is 31.0. The van der Waals surface area contributed by atoms with E-state index >= 15 is 0 Å². The molecule has 0 spiro atoms. The Balaban J connectivity index is 1.63. The standard InChI is InChI=1S/C25H32N2O2S/c1-5-22(28)27(19-10-11-19)16-23(29)26-14-12-21-20(13-15-30-21)24(26)17-6-8-18(9-7-17)25(2,3)4/h6-9,13,15,19,24H,5,10-12,14,16H2,1-4H3. The Morgan fingerprint density at radius 2 is 1.83 bits per heavy atom. The van der Waals surface area contributed by atoms with Gasteiger partial charge in [0.15, 0.2) is 0 Å². The van der Waals surface area contributed by atoms with E-state index in [4.69, 9.17) is 0 Å². The molecule has 1 aromatic heterocycles. The largest absolute Gasteiger partial charge is 0.330 e. The molecule has 0 saturated heterocycles. The van der Waals surface area contributed by atoms with E-state index in [9.17, 15) is 9.59 Å². The minimum absolute atomic E-state index is 0.0606. The van der Waals surface area contributed by atoms with Gasteiger partial charge in [-0.3, -0.25) is 9.59 Å². The van der Waals surface area contributed by atoms with Crippen molar-refractivity contribution in [2.24, 2.45) is 0 Å². The molecular weight excluding hydrogens is 392 g/mol. The summed E-state index contributed by atoms with van der Waals surface area (Å²) in [5.41, 5.74) is 3.77. The van der Waals surface area contributed by atoms with Crippen LogP contribution in [-0.4, -0.2) is 40.7 Å². The molecule has 1 aliphatic carbocycles. The molecule has 2 amide bonds. The fraction of sp³-hybridized carbons (Fsp3) is 0.520. The van der Waals surface area contributed by atoms with E-state index in [-0.39, 0.29) is 35.9 Å². The van der Waals surface area contributed by atoms with E-state index in [2.05, 4.69) is 56.5 Å². The number of nitrogens with zero attached hydrogens (tertiary/aromatic N) is 2. The maximum Gasteiger partial charge on any atom is 0.243 e. The van der Waals surface area contributed by atoms with Crippen LogP contribution in [0.5, 0.6) is 0 Å². The SMILES string of the molecule is CCC(=O)N(CC(=O)N1CCc2sccc2C1c1ccc(C(C)(C)C)cc1)C1CC1. The Labute approximate surface area is 183 Å². The van der Waals surface area contributed by atoms with Crippen LogP contribution in [0.1, 0.15) is 74.6 Å². The van der Waals surface area contributed by atoms with E-state index in [1.54, 1.807) is 11.3 Å². The molecule has 1 fully saturated rings. The van der Waals surface area contributed by atoms with Crippen molar-refractivity contribution < 1.29 is 9.59 Å². The van der Waals surface area contributed by atoms with Crippen LogP contribution in [0.4, 0.5) is 0 Å². The van der Waals surface area contributed by atoms with Gasteiger partial charge >= 0.3 is 0 Å². The van der Waals surface area contributed by atoms with Crippen molar-refractivity contribution in [1.82, 2.24) is 9.80 Å². The molecule has 1 atom stereocenters. The smallest absolute Gasteiger partial charge is 0.243 e. The molecule has 30 heavy (non-hydrogen) atoms. The number of fused-ring (bicyclic) bond motifs is 1. The molecule has 0 N–H and O–H groups in total. The maximum absolute atomic E-state index is 13.4. The maximum atomic E-state index is 13.4. The third kappa shape index (κ3) is 4.18. The minimum Gasteiger partial charge on any atom is -0.330 e. The molecule has 1 aromatic carbocycles. The van der Waals surface area contributed by atoms with E-state index in [1.807, 2.05) is 16.7 Å². The number of hydrogen-bond donors (Lipinski definition) is 0. The lowest BCUT2D eigenvalue weighted by Gasteiger charge is -2.38. The fourth-order valence-electron chi connectivity index (χ4n) is 4.36. The van der Waals surface area contributed by atoms with Gasteiger partial charge in [0.05, 0.1) is 6.04 Å². The summed E-state index contributed by atoms with van der Waals surface area (Å²) in [6, 6.07) is 11.1. The van der Waals surface area contributed by atoms with Gasteiger partial charge in [-0.2, -0.15) is 0 Å². The average molecular weight is 425 g/mol. The zero-order chi connectivity index (χ0) is 21.5. The highest BCUT2D eigenvalue weighted by atomic mass is 32.1. The van der Waals surface area contributed by atoms with Crippen LogP contribution in [0.2, 0.25) is 0 Å². The first-order chi connectivity index (χ1) is 14.3.